The fourth-order valence-corrected chi connectivity index (χ4v) is 6.37. The predicted octanol–water partition coefficient (Wildman–Crippen LogP) is 3.87. The topological polar surface area (TPSA) is 117 Å². The van der Waals surface area contributed by atoms with Crippen LogP contribution in [0.1, 0.15) is 48.5 Å². The van der Waals surface area contributed by atoms with Crippen LogP contribution in [-0.4, -0.2) is 62.6 Å². The van der Waals surface area contributed by atoms with Crippen molar-refractivity contribution >= 4 is 39.9 Å². The zero-order valence-corrected chi connectivity index (χ0v) is 22.7. The normalized spacial score (nSPS) is 22.6. The molecule has 0 radical (unpaired) electrons. The van der Waals surface area contributed by atoms with Crippen LogP contribution >= 0.6 is 12.4 Å². The largest absolute Gasteiger partial charge is 0.487 e. The molecule has 2 aliphatic heterocycles. The molecule has 1 aliphatic carbocycles. The minimum Gasteiger partial charge on any atom is -0.487 e. The number of benzene rings is 2. The molecule has 2 aromatic carbocycles. The number of carbonyl (C=O) groups excluding carboxylic acids is 1. The summed E-state index contributed by atoms with van der Waals surface area (Å²) < 4.78 is 36.7. The average Bonchev–Trinajstić information content (AvgIpc) is 2.83. The average molecular weight is 552 g/mol. The maximum atomic E-state index is 11.6. The first-order chi connectivity index (χ1) is 17.1. The molecule has 202 valence electrons. The van der Waals surface area contributed by atoms with Crippen molar-refractivity contribution in [3.63, 3.8) is 0 Å². The first kappa shape index (κ1) is 27.5. The number of nitrogens with one attached hydrogen (secondary N) is 2. The third-order valence-corrected chi connectivity index (χ3v) is 8.24. The number of methoxy groups -OCH3 is 1. The molecule has 0 aromatic heterocycles. The molecule has 2 aromatic rings. The van der Waals surface area contributed by atoms with E-state index in [-0.39, 0.29) is 12.4 Å². The number of nitrogens with zero attached hydrogens (tertiary/aromatic N) is 1. The second-order valence-electron chi connectivity index (χ2n) is 10.2. The van der Waals surface area contributed by atoms with Gasteiger partial charge >= 0.3 is 6.09 Å². The second kappa shape index (κ2) is 10.7. The van der Waals surface area contributed by atoms with Gasteiger partial charge in [0.15, 0.2) is 0 Å². The molecule has 37 heavy (non-hydrogen) atoms. The first-order valence-electron chi connectivity index (χ1n) is 12.3. The molecule has 0 bridgehead atoms. The van der Waals surface area contributed by atoms with Crippen LogP contribution in [0.25, 0.3) is 0 Å². The molecule has 11 heteroatoms. The van der Waals surface area contributed by atoms with Crippen LogP contribution in [0.2, 0.25) is 0 Å². The van der Waals surface area contributed by atoms with Crippen LogP contribution in [0.3, 0.4) is 0 Å². The smallest absolute Gasteiger partial charge is 0.411 e. The molecule has 2 atom stereocenters. The molecule has 2 heterocycles. The summed E-state index contributed by atoms with van der Waals surface area (Å²) in [6.07, 6.45) is 5.10. The Kier molecular flexibility index (Phi) is 7.94. The number of hydrogen-bond donors (Lipinski definition) is 3. The summed E-state index contributed by atoms with van der Waals surface area (Å²) in [4.78, 5) is 14.0. The van der Waals surface area contributed by atoms with Crippen LogP contribution in [0, 0.1) is 0 Å². The van der Waals surface area contributed by atoms with Crippen molar-refractivity contribution in [1.82, 2.24) is 4.90 Å². The summed E-state index contributed by atoms with van der Waals surface area (Å²) in [6.45, 7) is 1.80. The zero-order valence-electron chi connectivity index (χ0n) is 21.0. The number of rotatable bonds is 4. The van der Waals surface area contributed by atoms with Crippen molar-refractivity contribution in [2.45, 2.75) is 56.3 Å². The van der Waals surface area contributed by atoms with E-state index in [0.29, 0.717) is 29.5 Å². The molecule has 1 spiro atoms. The maximum Gasteiger partial charge on any atom is 0.411 e. The number of sulfonamides is 1. The molecule has 1 unspecified atom stereocenters. The number of likely N-dealkylation sites (tertiary alicyclic amines) is 1. The van der Waals surface area contributed by atoms with Gasteiger partial charge in [0.05, 0.1) is 19.5 Å². The molecule has 0 saturated carbocycles. The molecular weight excluding hydrogens is 518 g/mol. The fourth-order valence-electron chi connectivity index (χ4n) is 5.81. The van der Waals surface area contributed by atoms with E-state index in [0.717, 1.165) is 57.1 Å². The monoisotopic (exact) mass is 551 g/mol. The lowest BCUT2D eigenvalue weighted by Crippen LogP contribution is -2.53. The second-order valence-corrected chi connectivity index (χ2v) is 11.9. The Morgan fingerprint density at radius 1 is 1.14 bits per heavy atom. The number of amides is 1. The van der Waals surface area contributed by atoms with Crippen LogP contribution in [0.4, 0.5) is 16.2 Å². The number of aryl methyl sites for hydroxylation is 1. The SMILES string of the molecule is COC(=O)Nc1ccc2c(c1)CC[C@@H](N1CCC3(CC1)CC(O)c1cc(NS(C)(=O)=O)ccc1O3)C2.Cl. The van der Waals surface area contributed by atoms with E-state index in [4.69, 9.17) is 4.74 Å². The number of halogens is 1. The number of anilines is 2. The van der Waals surface area contributed by atoms with Gasteiger partial charge in [-0.05, 0) is 73.6 Å². The molecule has 9 nitrogen and oxygen atoms in total. The summed E-state index contributed by atoms with van der Waals surface area (Å²) in [5.74, 6) is 0.629. The molecule has 1 saturated heterocycles. The highest BCUT2D eigenvalue weighted by atomic mass is 35.5. The van der Waals surface area contributed by atoms with E-state index in [2.05, 4.69) is 25.7 Å². The highest BCUT2D eigenvalue weighted by Crippen LogP contribution is 2.45. The molecule has 3 aliphatic rings. The minimum atomic E-state index is -3.39. The van der Waals surface area contributed by atoms with Crippen molar-refractivity contribution in [1.29, 1.82) is 0 Å². The van der Waals surface area contributed by atoms with E-state index in [1.54, 1.807) is 18.2 Å². The fraction of sp³-hybridized carbons (Fsp3) is 0.500. The van der Waals surface area contributed by atoms with Gasteiger partial charge in [-0.15, -0.1) is 12.4 Å². The number of fused-ring (bicyclic) bond motifs is 2. The van der Waals surface area contributed by atoms with Crippen LogP contribution in [0.5, 0.6) is 5.75 Å². The third-order valence-electron chi connectivity index (χ3n) is 7.63. The Morgan fingerprint density at radius 3 is 2.57 bits per heavy atom. The Hall–Kier alpha value is -2.53. The molecular formula is C26H34ClN3O6S. The number of aliphatic hydroxyl groups is 1. The van der Waals surface area contributed by atoms with Gasteiger partial charge in [-0.3, -0.25) is 14.9 Å². The summed E-state index contributed by atoms with van der Waals surface area (Å²) >= 11 is 0. The summed E-state index contributed by atoms with van der Waals surface area (Å²) in [7, 11) is -2.04. The highest BCUT2D eigenvalue weighted by Gasteiger charge is 2.44. The van der Waals surface area contributed by atoms with Crippen molar-refractivity contribution in [2.75, 3.05) is 36.5 Å². The Bertz CT molecular complexity index is 1260. The molecule has 3 N–H and O–H groups in total. The van der Waals surface area contributed by atoms with Gasteiger partial charge in [-0.2, -0.15) is 0 Å². The van der Waals surface area contributed by atoms with E-state index < -0.39 is 27.8 Å². The van der Waals surface area contributed by atoms with Crippen LogP contribution in [-0.2, 0) is 27.6 Å². The lowest BCUT2D eigenvalue weighted by atomic mass is 9.80. The van der Waals surface area contributed by atoms with Crippen molar-refractivity contribution in [3.8, 4) is 5.75 Å². The summed E-state index contributed by atoms with van der Waals surface area (Å²) in [6, 6.07) is 11.6. The van der Waals surface area contributed by atoms with Crippen LogP contribution in [0.15, 0.2) is 36.4 Å². The highest BCUT2D eigenvalue weighted by molar-refractivity contribution is 7.92. The molecule has 5 rings (SSSR count). The number of hydrogen-bond acceptors (Lipinski definition) is 7. The lowest BCUT2D eigenvalue weighted by molar-refractivity contribution is -0.0608. The molecule has 1 fully saturated rings. The van der Waals surface area contributed by atoms with Gasteiger partial charge in [-0.25, -0.2) is 13.2 Å². The van der Waals surface area contributed by atoms with Crippen LogP contribution < -0.4 is 14.8 Å². The van der Waals surface area contributed by atoms with Gasteiger partial charge in [0.1, 0.15) is 11.4 Å². The van der Waals surface area contributed by atoms with E-state index >= 15 is 0 Å². The predicted molar refractivity (Wildman–Crippen MR) is 144 cm³/mol. The van der Waals surface area contributed by atoms with Crippen molar-refractivity contribution in [2.24, 2.45) is 0 Å². The Balaban J connectivity index is 0.00000320. The summed E-state index contributed by atoms with van der Waals surface area (Å²) in [5.41, 5.74) is 3.99. The number of ether oxygens (including phenoxy) is 2. The Morgan fingerprint density at radius 2 is 1.86 bits per heavy atom. The van der Waals surface area contributed by atoms with Crippen molar-refractivity contribution < 1.29 is 27.8 Å². The van der Waals surface area contributed by atoms with E-state index in [1.807, 2.05) is 12.1 Å². The number of piperidine rings is 1. The van der Waals surface area contributed by atoms with Gasteiger partial charge in [-0.1, -0.05) is 6.07 Å². The minimum absolute atomic E-state index is 0. The summed E-state index contributed by atoms with van der Waals surface area (Å²) in [5, 5.41) is 13.6. The maximum absolute atomic E-state index is 11.6. The first-order valence-corrected chi connectivity index (χ1v) is 14.2. The zero-order chi connectivity index (χ0) is 25.5. The van der Waals surface area contributed by atoms with E-state index in [9.17, 15) is 18.3 Å². The quantitative estimate of drug-likeness (QED) is 0.528. The van der Waals surface area contributed by atoms with Gasteiger partial charge in [0.2, 0.25) is 10.0 Å². The van der Waals surface area contributed by atoms with Gasteiger partial charge < -0.3 is 14.6 Å². The van der Waals surface area contributed by atoms with E-state index in [1.165, 1.54) is 18.2 Å². The number of aliphatic hydroxyl groups excluding tert-OH is 1. The lowest BCUT2D eigenvalue weighted by Gasteiger charge is -2.48. The Labute approximate surface area is 224 Å². The van der Waals surface area contributed by atoms with Crippen molar-refractivity contribution in [3.05, 3.63) is 53.1 Å². The molecule has 1 amide bonds. The third kappa shape index (κ3) is 6.14. The standard InChI is InChI=1S/C26H33N3O6S.ClH/c1-34-25(31)27-19-5-3-18-14-21(7-4-17(18)13-19)29-11-9-26(10-12-29)16-23(30)22-15-20(28-36(2,32)33)6-8-24(22)35-26;/h3,5-6,8,13,15,21,23,28,30H,4,7,9-12,14,16H2,1-2H3,(H,27,31);1H/t21-,23?;/m1./s1. The van der Waals surface area contributed by atoms with Gasteiger partial charge in [0.25, 0.3) is 0 Å². The number of carbonyl (C=O) groups is 1. The van der Waals surface area contributed by atoms with Gasteiger partial charge in [0, 0.05) is 42.5 Å².